The highest BCUT2D eigenvalue weighted by atomic mass is 32.2. The summed E-state index contributed by atoms with van der Waals surface area (Å²) in [6.07, 6.45) is 0.859. The van der Waals surface area contributed by atoms with E-state index in [4.69, 9.17) is 9.15 Å². The van der Waals surface area contributed by atoms with E-state index in [-0.39, 0.29) is 23.6 Å². The molecule has 0 spiro atoms. The minimum absolute atomic E-state index is 0.142. The van der Waals surface area contributed by atoms with E-state index in [1.54, 1.807) is 26.0 Å². The number of nitrogens with zero attached hydrogens (tertiary/aromatic N) is 2. The van der Waals surface area contributed by atoms with Gasteiger partial charge in [-0.25, -0.2) is 4.68 Å². The van der Waals surface area contributed by atoms with Crippen molar-refractivity contribution in [3.8, 4) is 0 Å². The third-order valence-corrected chi connectivity index (χ3v) is 5.84. The van der Waals surface area contributed by atoms with Gasteiger partial charge >= 0.3 is 0 Å². The molecule has 4 rings (SSSR count). The Bertz CT molecular complexity index is 904. The molecule has 1 fully saturated rings. The third kappa shape index (κ3) is 3.19. The van der Waals surface area contributed by atoms with Gasteiger partial charge in [0.2, 0.25) is 0 Å². The van der Waals surface area contributed by atoms with Gasteiger partial charge < -0.3 is 14.5 Å². The number of furan rings is 1. The Kier molecular flexibility index (Phi) is 4.62. The van der Waals surface area contributed by atoms with Crippen molar-refractivity contribution in [1.29, 1.82) is 0 Å². The second-order valence-electron chi connectivity index (χ2n) is 6.71. The molecule has 26 heavy (non-hydrogen) atoms. The van der Waals surface area contributed by atoms with Crippen molar-refractivity contribution in [3.05, 3.63) is 50.8 Å². The van der Waals surface area contributed by atoms with Crippen molar-refractivity contribution in [2.24, 2.45) is 0 Å². The SMILES string of the molecule is Cc1cc(C(=O)NC2COCC2n2nc3c(cc2=O)CSCC3)c(C)o1. The zero-order chi connectivity index (χ0) is 18.3. The molecule has 0 aromatic carbocycles. The van der Waals surface area contributed by atoms with Gasteiger partial charge in [-0.15, -0.1) is 0 Å². The molecule has 8 heteroatoms. The number of thioether (sulfide) groups is 1. The lowest BCUT2D eigenvalue weighted by atomic mass is 10.1. The molecule has 1 N–H and O–H groups in total. The summed E-state index contributed by atoms with van der Waals surface area (Å²) in [5, 5.41) is 7.57. The minimum Gasteiger partial charge on any atom is -0.466 e. The van der Waals surface area contributed by atoms with Gasteiger partial charge in [0.1, 0.15) is 17.6 Å². The number of aryl methyl sites for hydroxylation is 3. The molecule has 2 aliphatic heterocycles. The molecular weight excluding hydrogens is 354 g/mol. The van der Waals surface area contributed by atoms with Crippen LogP contribution in [-0.2, 0) is 16.9 Å². The molecule has 2 unspecified atom stereocenters. The fourth-order valence-corrected chi connectivity index (χ4v) is 4.44. The summed E-state index contributed by atoms with van der Waals surface area (Å²) in [6.45, 7) is 4.28. The van der Waals surface area contributed by atoms with Gasteiger partial charge in [-0.3, -0.25) is 9.59 Å². The summed E-state index contributed by atoms with van der Waals surface area (Å²) < 4.78 is 12.5. The van der Waals surface area contributed by atoms with E-state index in [0.29, 0.717) is 30.3 Å². The van der Waals surface area contributed by atoms with Crippen LogP contribution in [0.3, 0.4) is 0 Å². The second kappa shape index (κ2) is 6.92. The summed E-state index contributed by atoms with van der Waals surface area (Å²) in [7, 11) is 0. The average molecular weight is 375 g/mol. The van der Waals surface area contributed by atoms with Gasteiger partial charge in [-0.05, 0) is 31.2 Å². The fraction of sp³-hybridized carbons (Fsp3) is 0.500. The first-order valence-electron chi connectivity index (χ1n) is 8.68. The Labute approximate surface area is 155 Å². The Morgan fingerprint density at radius 1 is 1.35 bits per heavy atom. The summed E-state index contributed by atoms with van der Waals surface area (Å²) >= 11 is 1.82. The molecule has 0 aliphatic carbocycles. The maximum absolute atomic E-state index is 12.6. The van der Waals surface area contributed by atoms with Crippen LogP contribution in [0, 0.1) is 13.8 Å². The number of rotatable bonds is 3. The summed E-state index contributed by atoms with van der Waals surface area (Å²) in [4.78, 5) is 25.1. The van der Waals surface area contributed by atoms with Crippen LogP contribution >= 0.6 is 11.8 Å². The molecule has 0 bridgehead atoms. The molecule has 1 amide bonds. The van der Waals surface area contributed by atoms with Crippen LogP contribution in [0.5, 0.6) is 0 Å². The number of hydrogen-bond donors (Lipinski definition) is 1. The lowest BCUT2D eigenvalue weighted by Crippen LogP contribution is -2.44. The first-order valence-corrected chi connectivity index (χ1v) is 9.83. The molecule has 2 aromatic rings. The summed E-state index contributed by atoms with van der Waals surface area (Å²) in [6, 6.07) is 2.78. The predicted molar refractivity (Wildman–Crippen MR) is 97.7 cm³/mol. The number of ether oxygens (including phenoxy) is 1. The van der Waals surface area contributed by atoms with Gasteiger partial charge in [0.05, 0.1) is 30.5 Å². The van der Waals surface area contributed by atoms with E-state index in [1.165, 1.54) is 4.68 Å². The highest BCUT2D eigenvalue weighted by Gasteiger charge is 2.34. The smallest absolute Gasteiger partial charge is 0.267 e. The number of aromatic nitrogens is 2. The molecular formula is C18H21N3O4S. The normalized spacial score (nSPS) is 22.2. The van der Waals surface area contributed by atoms with Crippen molar-refractivity contribution in [2.75, 3.05) is 19.0 Å². The second-order valence-corrected chi connectivity index (χ2v) is 7.82. The Morgan fingerprint density at radius 2 is 2.19 bits per heavy atom. The molecule has 2 aliphatic rings. The summed E-state index contributed by atoms with van der Waals surface area (Å²) in [5.41, 5.74) is 2.36. The number of fused-ring (bicyclic) bond motifs is 1. The predicted octanol–water partition coefficient (Wildman–Crippen LogP) is 1.61. The zero-order valence-corrected chi connectivity index (χ0v) is 15.6. The van der Waals surface area contributed by atoms with E-state index in [0.717, 1.165) is 29.2 Å². The number of carbonyl (C=O) groups excluding carboxylic acids is 1. The summed E-state index contributed by atoms with van der Waals surface area (Å²) in [5.74, 6) is 2.90. The van der Waals surface area contributed by atoms with Gasteiger partial charge in [-0.1, -0.05) is 0 Å². The van der Waals surface area contributed by atoms with Crippen molar-refractivity contribution in [1.82, 2.24) is 15.1 Å². The van der Waals surface area contributed by atoms with Crippen LogP contribution in [0.2, 0.25) is 0 Å². The maximum atomic E-state index is 12.6. The van der Waals surface area contributed by atoms with Crippen molar-refractivity contribution in [3.63, 3.8) is 0 Å². The van der Waals surface area contributed by atoms with Gasteiger partial charge in [0, 0.05) is 18.2 Å². The Balaban J connectivity index is 1.58. The average Bonchev–Trinajstić information content (AvgIpc) is 3.20. The zero-order valence-electron chi connectivity index (χ0n) is 14.8. The van der Waals surface area contributed by atoms with Crippen molar-refractivity contribution >= 4 is 17.7 Å². The van der Waals surface area contributed by atoms with Gasteiger partial charge in [-0.2, -0.15) is 16.9 Å². The lowest BCUT2D eigenvalue weighted by Gasteiger charge is -2.22. The minimum atomic E-state index is -0.307. The van der Waals surface area contributed by atoms with Crippen LogP contribution in [0.15, 0.2) is 21.3 Å². The first kappa shape index (κ1) is 17.4. The number of nitrogens with one attached hydrogen (secondary N) is 1. The Morgan fingerprint density at radius 3 is 2.96 bits per heavy atom. The quantitative estimate of drug-likeness (QED) is 0.877. The van der Waals surface area contributed by atoms with Crippen LogP contribution in [0.25, 0.3) is 0 Å². The van der Waals surface area contributed by atoms with Gasteiger partial charge in [0.25, 0.3) is 11.5 Å². The molecule has 1 saturated heterocycles. The van der Waals surface area contributed by atoms with Crippen LogP contribution in [0.1, 0.15) is 39.2 Å². The van der Waals surface area contributed by atoms with E-state index in [9.17, 15) is 9.59 Å². The molecule has 2 atom stereocenters. The van der Waals surface area contributed by atoms with Crippen molar-refractivity contribution < 1.29 is 13.9 Å². The number of hydrogen-bond acceptors (Lipinski definition) is 6. The first-order chi connectivity index (χ1) is 12.5. The number of carbonyl (C=O) groups is 1. The van der Waals surface area contributed by atoms with E-state index < -0.39 is 0 Å². The topological polar surface area (TPSA) is 86.4 Å². The van der Waals surface area contributed by atoms with Crippen LogP contribution in [-0.4, -0.2) is 40.7 Å². The van der Waals surface area contributed by atoms with Gasteiger partial charge in [0.15, 0.2) is 0 Å². The van der Waals surface area contributed by atoms with E-state index >= 15 is 0 Å². The van der Waals surface area contributed by atoms with Crippen molar-refractivity contribution in [2.45, 2.75) is 38.1 Å². The van der Waals surface area contributed by atoms with Crippen LogP contribution < -0.4 is 10.9 Å². The molecule has 138 valence electrons. The lowest BCUT2D eigenvalue weighted by molar-refractivity contribution is 0.0923. The highest BCUT2D eigenvalue weighted by molar-refractivity contribution is 7.98. The molecule has 0 saturated carbocycles. The Hall–Kier alpha value is -2.06. The highest BCUT2D eigenvalue weighted by Crippen LogP contribution is 2.24. The monoisotopic (exact) mass is 375 g/mol. The fourth-order valence-electron chi connectivity index (χ4n) is 3.49. The molecule has 2 aromatic heterocycles. The largest absolute Gasteiger partial charge is 0.466 e. The molecule has 0 radical (unpaired) electrons. The molecule has 4 heterocycles. The van der Waals surface area contributed by atoms with Crippen LogP contribution in [0.4, 0.5) is 0 Å². The van der Waals surface area contributed by atoms with E-state index in [2.05, 4.69) is 10.4 Å². The maximum Gasteiger partial charge on any atom is 0.267 e. The molecule has 7 nitrogen and oxygen atoms in total. The third-order valence-electron chi connectivity index (χ3n) is 4.83. The van der Waals surface area contributed by atoms with E-state index in [1.807, 2.05) is 11.8 Å². The standard InChI is InChI=1S/C18H21N3O4S/c1-10-5-13(11(2)25-10)18(23)19-15-7-24-8-16(15)21-17(22)6-12-9-26-4-3-14(12)20-21/h5-6,15-16H,3-4,7-9H2,1-2H3,(H,19,23). The number of amides is 1.